The molecule has 1 aliphatic heterocycles. The molecule has 1 fully saturated rings. The molecule has 2 aliphatic rings. The maximum absolute atomic E-state index is 10.9. The summed E-state index contributed by atoms with van der Waals surface area (Å²) in [5, 5.41) is 8.92. The summed E-state index contributed by atoms with van der Waals surface area (Å²) in [5.74, 6) is 0.547. The lowest BCUT2D eigenvalue weighted by Crippen LogP contribution is -2.26. The molecule has 1 saturated carbocycles. The molecule has 1 aromatic carbocycles. The van der Waals surface area contributed by atoms with E-state index in [0.29, 0.717) is 11.5 Å². The van der Waals surface area contributed by atoms with Gasteiger partial charge in [-0.1, -0.05) is 11.8 Å². The van der Waals surface area contributed by atoms with E-state index in [4.69, 9.17) is 9.84 Å². The van der Waals surface area contributed by atoms with Gasteiger partial charge in [-0.15, -0.1) is 0 Å². The highest BCUT2D eigenvalue weighted by Crippen LogP contribution is 2.57. The largest absolute Gasteiger partial charge is 0.478 e. The highest BCUT2D eigenvalue weighted by Gasteiger charge is 2.48. The fourth-order valence-electron chi connectivity index (χ4n) is 2.04. The van der Waals surface area contributed by atoms with Gasteiger partial charge < -0.3 is 9.84 Å². The quantitative estimate of drug-likeness (QED) is 0.857. The Hall–Kier alpha value is -1.16. The minimum Gasteiger partial charge on any atom is -0.478 e. The van der Waals surface area contributed by atoms with Gasteiger partial charge in [0.25, 0.3) is 0 Å². The minimum atomic E-state index is -0.886. The monoisotopic (exact) mass is 236 g/mol. The van der Waals surface area contributed by atoms with Gasteiger partial charge in [-0.2, -0.15) is 0 Å². The number of aromatic carboxylic acids is 1. The Morgan fingerprint density at radius 1 is 1.56 bits per heavy atom. The standard InChI is InChI=1S/C12H12O3S/c1-12(8-3-4-8)15-9-5-2-7(11(13)14)6-10(9)16-12/h2,5-6,8H,3-4H2,1H3,(H,13,14). The molecule has 1 aliphatic carbocycles. The summed E-state index contributed by atoms with van der Waals surface area (Å²) >= 11 is 1.66. The van der Waals surface area contributed by atoms with E-state index in [9.17, 15) is 4.79 Å². The molecule has 84 valence electrons. The number of thioether (sulfide) groups is 1. The first kappa shape index (κ1) is 10.0. The van der Waals surface area contributed by atoms with Crippen molar-refractivity contribution in [3.05, 3.63) is 23.8 Å². The highest BCUT2D eigenvalue weighted by molar-refractivity contribution is 8.00. The molecule has 16 heavy (non-hydrogen) atoms. The van der Waals surface area contributed by atoms with Crippen molar-refractivity contribution in [1.29, 1.82) is 0 Å². The zero-order valence-corrected chi connectivity index (χ0v) is 9.71. The third-order valence-electron chi connectivity index (χ3n) is 3.13. The third kappa shape index (κ3) is 1.48. The minimum absolute atomic E-state index is 0.181. The Balaban J connectivity index is 1.94. The first-order valence-electron chi connectivity index (χ1n) is 5.34. The lowest BCUT2D eigenvalue weighted by Gasteiger charge is -2.21. The lowest BCUT2D eigenvalue weighted by atomic mass is 10.2. The second-order valence-corrected chi connectivity index (χ2v) is 5.92. The fourth-order valence-corrected chi connectivity index (χ4v) is 3.40. The van der Waals surface area contributed by atoms with E-state index in [2.05, 4.69) is 6.92 Å². The summed E-state index contributed by atoms with van der Waals surface area (Å²) in [6.07, 6.45) is 2.42. The van der Waals surface area contributed by atoms with Crippen molar-refractivity contribution in [3.8, 4) is 5.75 Å². The van der Waals surface area contributed by atoms with E-state index in [0.717, 1.165) is 10.6 Å². The van der Waals surface area contributed by atoms with Crippen molar-refractivity contribution in [2.75, 3.05) is 0 Å². The molecule has 1 N–H and O–H groups in total. The van der Waals surface area contributed by atoms with Gasteiger partial charge in [-0.3, -0.25) is 0 Å². The van der Waals surface area contributed by atoms with Crippen LogP contribution in [-0.2, 0) is 0 Å². The van der Waals surface area contributed by atoms with Gasteiger partial charge in [0, 0.05) is 5.92 Å². The van der Waals surface area contributed by atoms with Crippen LogP contribution in [-0.4, -0.2) is 16.0 Å². The third-order valence-corrected chi connectivity index (χ3v) is 4.50. The molecule has 1 atom stereocenters. The van der Waals surface area contributed by atoms with Gasteiger partial charge in [0.1, 0.15) is 5.75 Å². The molecule has 3 nitrogen and oxygen atoms in total. The van der Waals surface area contributed by atoms with Gasteiger partial charge >= 0.3 is 5.97 Å². The van der Waals surface area contributed by atoms with E-state index in [1.165, 1.54) is 12.8 Å². The van der Waals surface area contributed by atoms with Crippen molar-refractivity contribution < 1.29 is 14.6 Å². The SMILES string of the molecule is CC1(C2CC2)Oc2ccc(C(=O)O)cc2S1. The maximum Gasteiger partial charge on any atom is 0.335 e. The summed E-state index contributed by atoms with van der Waals surface area (Å²) < 4.78 is 5.92. The molecular weight excluding hydrogens is 224 g/mol. The normalized spacial score (nSPS) is 27.3. The van der Waals surface area contributed by atoms with Gasteiger partial charge in [-0.25, -0.2) is 4.79 Å². The van der Waals surface area contributed by atoms with Crippen LogP contribution in [0.2, 0.25) is 0 Å². The van der Waals surface area contributed by atoms with E-state index < -0.39 is 5.97 Å². The summed E-state index contributed by atoms with van der Waals surface area (Å²) in [6, 6.07) is 5.07. The topological polar surface area (TPSA) is 46.5 Å². The first-order valence-corrected chi connectivity index (χ1v) is 6.15. The Bertz CT molecular complexity index is 467. The molecule has 4 heteroatoms. The van der Waals surface area contributed by atoms with Crippen molar-refractivity contribution in [2.45, 2.75) is 29.6 Å². The molecule has 3 rings (SSSR count). The van der Waals surface area contributed by atoms with Crippen LogP contribution >= 0.6 is 11.8 Å². The average molecular weight is 236 g/mol. The van der Waals surface area contributed by atoms with Crippen LogP contribution in [0.1, 0.15) is 30.1 Å². The van der Waals surface area contributed by atoms with Crippen LogP contribution in [0.15, 0.2) is 23.1 Å². The second kappa shape index (κ2) is 3.17. The summed E-state index contributed by atoms with van der Waals surface area (Å²) in [5.41, 5.74) is 0.329. The van der Waals surface area contributed by atoms with Crippen LogP contribution in [0, 0.1) is 5.92 Å². The molecule has 0 amide bonds. The van der Waals surface area contributed by atoms with Crippen molar-refractivity contribution in [2.24, 2.45) is 5.92 Å². The number of ether oxygens (including phenoxy) is 1. The number of benzene rings is 1. The van der Waals surface area contributed by atoms with E-state index >= 15 is 0 Å². The maximum atomic E-state index is 10.9. The van der Waals surface area contributed by atoms with Crippen molar-refractivity contribution >= 4 is 17.7 Å². The zero-order chi connectivity index (χ0) is 11.3. The van der Waals surface area contributed by atoms with Crippen LogP contribution in [0.4, 0.5) is 0 Å². The average Bonchev–Trinajstić information content (AvgIpc) is 3.00. The summed E-state index contributed by atoms with van der Waals surface area (Å²) in [4.78, 5) is 11.6. The van der Waals surface area contributed by atoms with Gasteiger partial charge in [-0.05, 0) is 38.0 Å². The van der Waals surface area contributed by atoms with Gasteiger partial charge in [0.15, 0.2) is 4.93 Å². The zero-order valence-electron chi connectivity index (χ0n) is 8.90. The molecule has 0 radical (unpaired) electrons. The van der Waals surface area contributed by atoms with E-state index in [1.807, 2.05) is 0 Å². The number of rotatable bonds is 2. The summed E-state index contributed by atoms with van der Waals surface area (Å²) in [6.45, 7) is 2.09. The van der Waals surface area contributed by atoms with Crippen LogP contribution in [0.25, 0.3) is 0 Å². The molecule has 0 spiro atoms. The number of carboxylic acid groups (broad SMARTS) is 1. The molecule has 0 saturated heterocycles. The van der Waals surface area contributed by atoms with Gasteiger partial charge in [0.05, 0.1) is 10.5 Å². The van der Waals surface area contributed by atoms with Crippen LogP contribution in [0.3, 0.4) is 0 Å². The molecule has 1 heterocycles. The number of hydrogen-bond acceptors (Lipinski definition) is 3. The highest BCUT2D eigenvalue weighted by atomic mass is 32.2. The molecule has 1 unspecified atom stereocenters. The van der Waals surface area contributed by atoms with Crippen molar-refractivity contribution in [3.63, 3.8) is 0 Å². The lowest BCUT2D eigenvalue weighted by molar-refractivity contribution is 0.0696. The predicted molar refractivity (Wildman–Crippen MR) is 61.0 cm³/mol. The second-order valence-electron chi connectivity index (χ2n) is 4.46. The number of carboxylic acids is 1. The van der Waals surface area contributed by atoms with Crippen LogP contribution in [0.5, 0.6) is 5.75 Å². The van der Waals surface area contributed by atoms with E-state index in [-0.39, 0.29) is 4.93 Å². The Morgan fingerprint density at radius 3 is 2.94 bits per heavy atom. The predicted octanol–water partition coefficient (Wildman–Crippen LogP) is 3.00. The van der Waals surface area contributed by atoms with Gasteiger partial charge in [0.2, 0.25) is 0 Å². The number of hydrogen-bond donors (Lipinski definition) is 1. The Morgan fingerprint density at radius 2 is 2.31 bits per heavy atom. The Labute approximate surface area is 97.8 Å². The molecule has 0 bridgehead atoms. The molecular formula is C12H12O3S. The molecule has 1 aromatic rings. The van der Waals surface area contributed by atoms with Crippen molar-refractivity contribution in [1.82, 2.24) is 0 Å². The molecule has 0 aromatic heterocycles. The van der Waals surface area contributed by atoms with Crippen LogP contribution < -0.4 is 4.74 Å². The van der Waals surface area contributed by atoms with E-state index in [1.54, 1.807) is 30.0 Å². The smallest absolute Gasteiger partial charge is 0.335 e. The fraction of sp³-hybridized carbons (Fsp3) is 0.417. The summed E-state index contributed by atoms with van der Waals surface area (Å²) in [7, 11) is 0. The Kier molecular flexibility index (Phi) is 1.98. The number of carbonyl (C=O) groups is 1. The first-order chi connectivity index (χ1) is 7.58. The number of fused-ring (bicyclic) bond motifs is 1.